The Hall–Kier alpha value is -2.74. The van der Waals surface area contributed by atoms with Crippen molar-refractivity contribution in [3.63, 3.8) is 0 Å². The Morgan fingerprint density at radius 2 is 1.68 bits per heavy atom. The van der Waals surface area contributed by atoms with Crippen LogP contribution in [0.1, 0.15) is 12.5 Å². The minimum atomic E-state index is -3.87. The molecule has 0 heterocycles. The first kappa shape index (κ1) is 15.6. The van der Waals surface area contributed by atoms with Crippen LogP contribution < -0.4 is 4.83 Å². The zero-order valence-electron chi connectivity index (χ0n) is 11.6. The number of nitro benzene ring substituents is 1. The number of nitrogens with zero attached hydrogens (tertiary/aromatic N) is 2. The molecule has 1 N–H and O–H groups in total. The summed E-state index contributed by atoms with van der Waals surface area (Å²) in [6, 6.07) is 13.7. The van der Waals surface area contributed by atoms with E-state index in [1.54, 1.807) is 19.1 Å². The second-order valence-electron chi connectivity index (χ2n) is 4.41. The number of benzene rings is 2. The standard InChI is InChI=1S/C14H13N3O4S/c1-11(12-5-3-2-4-6-12)15-16-22(20,21)14-9-7-13(8-10-14)17(18)19/h2-10,16H,1H3/b15-11-. The van der Waals surface area contributed by atoms with E-state index in [0.717, 1.165) is 29.8 Å². The Balaban J connectivity index is 2.19. The molecule has 0 unspecified atom stereocenters. The molecule has 8 heteroatoms. The molecule has 2 aromatic rings. The second-order valence-corrected chi connectivity index (χ2v) is 6.07. The molecule has 0 saturated heterocycles. The first-order chi connectivity index (χ1) is 10.4. The van der Waals surface area contributed by atoms with E-state index in [2.05, 4.69) is 9.93 Å². The van der Waals surface area contributed by atoms with Crippen molar-refractivity contribution < 1.29 is 13.3 Å². The van der Waals surface area contributed by atoms with Gasteiger partial charge in [0, 0.05) is 12.1 Å². The summed E-state index contributed by atoms with van der Waals surface area (Å²) >= 11 is 0. The van der Waals surface area contributed by atoms with Gasteiger partial charge in [-0.3, -0.25) is 10.1 Å². The van der Waals surface area contributed by atoms with Gasteiger partial charge < -0.3 is 0 Å². The molecular weight excluding hydrogens is 306 g/mol. The van der Waals surface area contributed by atoms with E-state index in [4.69, 9.17) is 0 Å². The summed E-state index contributed by atoms with van der Waals surface area (Å²) < 4.78 is 24.1. The lowest BCUT2D eigenvalue weighted by molar-refractivity contribution is -0.384. The second kappa shape index (κ2) is 6.35. The average Bonchev–Trinajstić information content (AvgIpc) is 2.53. The fourth-order valence-electron chi connectivity index (χ4n) is 1.67. The molecule has 0 saturated carbocycles. The summed E-state index contributed by atoms with van der Waals surface area (Å²) in [6.45, 7) is 1.67. The van der Waals surface area contributed by atoms with Crippen molar-refractivity contribution in [2.75, 3.05) is 0 Å². The van der Waals surface area contributed by atoms with Gasteiger partial charge in [0.05, 0.1) is 15.5 Å². The quantitative estimate of drug-likeness (QED) is 0.519. The molecule has 0 radical (unpaired) electrons. The third-order valence-corrected chi connectivity index (χ3v) is 4.11. The Labute approximate surface area is 127 Å². The van der Waals surface area contributed by atoms with Crippen LogP contribution >= 0.6 is 0 Å². The highest BCUT2D eigenvalue weighted by Crippen LogP contribution is 2.15. The molecule has 2 aromatic carbocycles. The molecule has 0 aromatic heterocycles. The van der Waals surface area contributed by atoms with E-state index >= 15 is 0 Å². The van der Waals surface area contributed by atoms with Gasteiger partial charge in [0.15, 0.2) is 0 Å². The fraction of sp³-hybridized carbons (Fsp3) is 0.0714. The van der Waals surface area contributed by atoms with Gasteiger partial charge in [-0.15, -0.1) is 0 Å². The zero-order valence-corrected chi connectivity index (χ0v) is 12.4. The maximum Gasteiger partial charge on any atom is 0.276 e. The van der Waals surface area contributed by atoms with Gasteiger partial charge in [-0.05, 0) is 24.6 Å². The van der Waals surface area contributed by atoms with Crippen molar-refractivity contribution in [2.45, 2.75) is 11.8 Å². The molecule has 0 aliphatic rings. The first-order valence-corrected chi connectivity index (χ1v) is 7.74. The van der Waals surface area contributed by atoms with Crippen LogP contribution in [0.15, 0.2) is 64.6 Å². The largest absolute Gasteiger partial charge is 0.276 e. The monoisotopic (exact) mass is 319 g/mol. The minimum Gasteiger partial charge on any atom is -0.258 e. The highest BCUT2D eigenvalue weighted by Gasteiger charge is 2.15. The topological polar surface area (TPSA) is 102 Å². The van der Waals surface area contributed by atoms with Gasteiger partial charge in [0.25, 0.3) is 15.7 Å². The molecule has 2 rings (SSSR count). The van der Waals surface area contributed by atoms with E-state index in [1.807, 2.05) is 18.2 Å². The van der Waals surface area contributed by atoms with Crippen molar-refractivity contribution in [1.29, 1.82) is 0 Å². The number of nitro groups is 1. The first-order valence-electron chi connectivity index (χ1n) is 6.26. The Bertz CT molecular complexity index is 800. The molecule has 0 aliphatic heterocycles. The summed E-state index contributed by atoms with van der Waals surface area (Å²) in [6.07, 6.45) is 0. The third kappa shape index (κ3) is 3.67. The van der Waals surface area contributed by atoms with E-state index < -0.39 is 14.9 Å². The predicted molar refractivity (Wildman–Crippen MR) is 82.1 cm³/mol. The summed E-state index contributed by atoms with van der Waals surface area (Å²) in [5, 5.41) is 14.4. The molecule has 0 fully saturated rings. The maximum atomic E-state index is 12.1. The highest BCUT2D eigenvalue weighted by atomic mass is 32.2. The number of hydrazone groups is 1. The van der Waals surface area contributed by atoms with Crippen LogP contribution in [0.25, 0.3) is 0 Å². The van der Waals surface area contributed by atoms with Crippen LogP contribution in [0, 0.1) is 10.1 Å². The number of rotatable bonds is 5. The van der Waals surface area contributed by atoms with E-state index in [0.29, 0.717) is 5.71 Å². The van der Waals surface area contributed by atoms with Crippen molar-refractivity contribution in [3.8, 4) is 0 Å². The number of hydrogen-bond acceptors (Lipinski definition) is 5. The van der Waals surface area contributed by atoms with Gasteiger partial charge in [-0.2, -0.15) is 18.4 Å². The van der Waals surface area contributed by atoms with Crippen molar-refractivity contribution in [1.82, 2.24) is 4.83 Å². The summed E-state index contributed by atoms with van der Waals surface area (Å²) in [4.78, 5) is 12.0. The minimum absolute atomic E-state index is 0.0947. The van der Waals surface area contributed by atoms with Gasteiger partial charge in [-0.25, -0.2) is 0 Å². The summed E-state index contributed by atoms with van der Waals surface area (Å²) in [5.41, 5.74) is 1.11. The van der Waals surface area contributed by atoms with Gasteiger partial charge in [-0.1, -0.05) is 30.3 Å². The normalized spacial score (nSPS) is 12.0. The number of sulfonamides is 1. The molecule has 22 heavy (non-hydrogen) atoms. The van der Waals surface area contributed by atoms with Gasteiger partial charge >= 0.3 is 0 Å². The SMILES string of the molecule is C/C(=N/NS(=O)(=O)c1ccc([N+](=O)[O-])cc1)c1ccccc1. The van der Waals surface area contributed by atoms with E-state index in [-0.39, 0.29) is 10.6 Å². The molecule has 0 atom stereocenters. The third-order valence-electron chi connectivity index (χ3n) is 2.88. The van der Waals surface area contributed by atoms with Crippen LogP contribution in [-0.4, -0.2) is 19.1 Å². The van der Waals surface area contributed by atoms with Crippen LogP contribution in [-0.2, 0) is 10.0 Å². The number of non-ortho nitro benzene ring substituents is 1. The number of hydrogen-bond donors (Lipinski definition) is 1. The summed E-state index contributed by atoms with van der Waals surface area (Å²) in [7, 11) is -3.87. The molecule has 0 amide bonds. The molecule has 0 aliphatic carbocycles. The van der Waals surface area contributed by atoms with Gasteiger partial charge in [0.1, 0.15) is 0 Å². The molecule has 0 spiro atoms. The van der Waals surface area contributed by atoms with E-state index in [9.17, 15) is 18.5 Å². The Kier molecular flexibility index (Phi) is 4.52. The predicted octanol–water partition coefficient (Wildman–Crippen LogP) is 2.30. The van der Waals surface area contributed by atoms with Crippen LogP contribution in [0.2, 0.25) is 0 Å². The van der Waals surface area contributed by atoms with Crippen molar-refractivity contribution in [2.24, 2.45) is 5.10 Å². The maximum absolute atomic E-state index is 12.1. The molecule has 7 nitrogen and oxygen atoms in total. The highest BCUT2D eigenvalue weighted by molar-refractivity contribution is 7.89. The Morgan fingerprint density at radius 1 is 1.09 bits per heavy atom. The number of nitrogens with one attached hydrogen (secondary N) is 1. The van der Waals surface area contributed by atoms with Crippen molar-refractivity contribution in [3.05, 3.63) is 70.3 Å². The summed E-state index contributed by atoms with van der Waals surface area (Å²) in [5.74, 6) is 0. The van der Waals surface area contributed by atoms with Gasteiger partial charge in [0.2, 0.25) is 0 Å². The van der Waals surface area contributed by atoms with E-state index in [1.165, 1.54) is 0 Å². The Morgan fingerprint density at radius 3 is 2.23 bits per heavy atom. The lowest BCUT2D eigenvalue weighted by Crippen LogP contribution is -2.19. The van der Waals surface area contributed by atoms with Crippen molar-refractivity contribution >= 4 is 21.4 Å². The zero-order chi connectivity index (χ0) is 16.2. The van der Waals surface area contributed by atoms with Crippen LogP contribution in [0.4, 0.5) is 5.69 Å². The molecule has 0 bridgehead atoms. The average molecular weight is 319 g/mol. The smallest absolute Gasteiger partial charge is 0.258 e. The molecule has 114 valence electrons. The molecular formula is C14H13N3O4S. The fourth-order valence-corrected chi connectivity index (χ4v) is 2.53. The van der Waals surface area contributed by atoms with Crippen LogP contribution in [0.3, 0.4) is 0 Å². The lowest BCUT2D eigenvalue weighted by Gasteiger charge is -2.05. The van der Waals surface area contributed by atoms with Crippen LogP contribution in [0.5, 0.6) is 0 Å². The lowest BCUT2D eigenvalue weighted by atomic mass is 10.1.